The molecular weight excluding hydrogens is 390 g/mol. The van der Waals surface area contributed by atoms with Gasteiger partial charge in [0.15, 0.2) is 29.6 Å². The molecule has 1 heterocycles. The summed E-state index contributed by atoms with van der Waals surface area (Å²) in [5.74, 6) is 1.24. The van der Waals surface area contributed by atoms with E-state index < -0.39 is 18.5 Å². The van der Waals surface area contributed by atoms with E-state index >= 15 is 0 Å². The maximum absolute atomic E-state index is 12.1. The zero-order valence-corrected chi connectivity index (χ0v) is 16.8. The van der Waals surface area contributed by atoms with Gasteiger partial charge in [-0.2, -0.15) is 0 Å². The Labute approximate surface area is 174 Å². The first-order chi connectivity index (χ1) is 14.6. The van der Waals surface area contributed by atoms with Crippen LogP contribution in [0.3, 0.4) is 0 Å². The Morgan fingerprint density at radius 3 is 2.53 bits per heavy atom. The van der Waals surface area contributed by atoms with Crippen molar-refractivity contribution in [1.29, 1.82) is 0 Å². The molecule has 8 heteroatoms. The number of methoxy groups -OCH3 is 2. The van der Waals surface area contributed by atoms with Crippen molar-refractivity contribution >= 4 is 23.6 Å². The van der Waals surface area contributed by atoms with Crippen LogP contribution in [0, 0.1) is 0 Å². The lowest BCUT2D eigenvalue weighted by Gasteiger charge is -2.10. The van der Waals surface area contributed by atoms with Crippen molar-refractivity contribution in [2.24, 2.45) is 0 Å². The second-order valence-electron chi connectivity index (χ2n) is 6.32. The number of nitrogens with one attached hydrogen (secondary N) is 1. The van der Waals surface area contributed by atoms with Gasteiger partial charge in [0, 0.05) is 24.3 Å². The molecule has 0 bridgehead atoms. The van der Waals surface area contributed by atoms with E-state index in [-0.39, 0.29) is 0 Å². The second-order valence-corrected chi connectivity index (χ2v) is 6.32. The van der Waals surface area contributed by atoms with Gasteiger partial charge in [0.05, 0.1) is 27.4 Å². The number of esters is 1. The largest absolute Gasteiger partial charge is 0.493 e. The minimum absolute atomic E-state index is 0.413. The minimum Gasteiger partial charge on any atom is -0.493 e. The van der Waals surface area contributed by atoms with Crippen molar-refractivity contribution < 1.29 is 33.3 Å². The first-order valence-corrected chi connectivity index (χ1v) is 9.35. The molecule has 0 saturated heterocycles. The third kappa shape index (κ3) is 5.66. The molecule has 0 radical (unpaired) electrons. The lowest BCUT2D eigenvalue weighted by Crippen LogP contribution is -2.20. The van der Waals surface area contributed by atoms with Crippen molar-refractivity contribution in [3.63, 3.8) is 0 Å². The average Bonchev–Trinajstić information content (AvgIpc) is 3.01. The van der Waals surface area contributed by atoms with Crippen molar-refractivity contribution in [2.75, 3.05) is 39.4 Å². The zero-order chi connectivity index (χ0) is 21.3. The fourth-order valence-electron chi connectivity index (χ4n) is 2.74. The predicted octanol–water partition coefficient (Wildman–Crippen LogP) is 3.06. The van der Waals surface area contributed by atoms with E-state index in [2.05, 4.69) is 5.32 Å². The van der Waals surface area contributed by atoms with Crippen LogP contribution >= 0.6 is 0 Å². The van der Waals surface area contributed by atoms with Crippen molar-refractivity contribution in [3.8, 4) is 23.0 Å². The summed E-state index contributed by atoms with van der Waals surface area (Å²) in [7, 11) is 3.07. The van der Waals surface area contributed by atoms with Gasteiger partial charge >= 0.3 is 5.97 Å². The van der Waals surface area contributed by atoms with Gasteiger partial charge in [-0.1, -0.05) is 6.07 Å². The Morgan fingerprint density at radius 2 is 1.77 bits per heavy atom. The van der Waals surface area contributed by atoms with E-state index in [1.807, 2.05) is 0 Å². The van der Waals surface area contributed by atoms with Crippen LogP contribution in [0.2, 0.25) is 0 Å². The van der Waals surface area contributed by atoms with Gasteiger partial charge in [-0.05, 0) is 35.9 Å². The molecular formula is C22H23NO7. The molecule has 158 valence electrons. The van der Waals surface area contributed by atoms with E-state index in [4.69, 9.17) is 23.7 Å². The molecule has 0 spiro atoms. The summed E-state index contributed by atoms with van der Waals surface area (Å²) >= 11 is 0. The summed E-state index contributed by atoms with van der Waals surface area (Å²) in [5.41, 5.74) is 1.25. The molecule has 0 unspecified atom stereocenters. The number of rotatable bonds is 7. The van der Waals surface area contributed by atoms with Crippen LogP contribution in [0.25, 0.3) is 6.08 Å². The van der Waals surface area contributed by atoms with Crippen molar-refractivity contribution in [1.82, 2.24) is 0 Å². The summed E-state index contributed by atoms with van der Waals surface area (Å²) in [5, 5.41) is 2.66. The summed E-state index contributed by atoms with van der Waals surface area (Å²) in [6.07, 6.45) is 3.59. The molecule has 1 N–H and O–H groups in total. The summed E-state index contributed by atoms with van der Waals surface area (Å²) in [4.78, 5) is 24.0. The maximum Gasteiger partial charge on any atom is 0.331 e. The van der Waals surface area contributed by atoms with Crippen LogP contribution in [0.5, 0.6) is 23.0 Å². The predicted molar refractivity (Wildman–Crippen MR) is 110 cm³/mol. The summed E-state index contributed by atoms with van der Waals surface area (Å²) < 4.78 is 26.5. The topological polar surface area (TPSA) is 92.3 Å². The summed E-state index contributed by atoms with van der Waals surface area (Å²) in [6, 6.07) is 10.3. The molecule has 1 aliphatic heterocycles. The molecule has 3 rings (SSSR count). The van der Waals surface area contributed by atoms with Crippen LogP contribution in [-0.4, -0.2) is 45.9 Å². The molecule has 2 aromatic carbocycles. The Bertz CT molecular complexity index is 939. The van der Waals surface area contributed by atoms with E-state index in [0.717, 1.165) is 12.0 Å². The Kier molecular flexibility index (Phi) is 7.15. The van der Waals surface area contributed by atoms with Gasteiger partial charge < -0.3 is 29.0 Å². The van der Waals surface area contributed by atoms with Crippen LogP contribution < -0.4 is 24.3 Å². The highest BCUT2D eigenvalue weighted by atomic mass is 16.5. The number of carbonyl (C=O) groups excluding carboxylic acids is 2. The molecule has 0 saturated carbocycles. The highest BCUT2D eigenvalue weighted by Gasteiger charge is 2.12. The Hall–Kier alpha value is -3.68. The van der Waals surface area contributed by atoms with Gasteiger partial charge in [0.1, 0.15) is 0 Å². The normalized spacial score (nSPS) is 12.7. The average molecular weight is 413 g/mol. The van der Waals surface area contributed by atoms with Crippen LogP contribution in [0.4, 0.5) is 5.69 Å². The fraction of sp³-hybridized carbons (Fsp3) is 0.273. The number of carbonyl (C=O) groups is 2. The maximum atomic E-state index is 12.1. The first-order valence-electron chi connectivity index (χ1n) is 9.35. The molecule has 8 nitrogen and oxygen atoms in total. The van der Waals surface area contributed by atoms with Gasteiger partial charge in [0.2, 0.25) is 0 Å². The van der Waals surface area contributed by atoms with Crippen molar-refractivity contribution in [2.45, 2.75) is 6.42 Å². The van der Waals surface area contributed by atoms with Gasteiger partial charge in [-0.3, -0.25) is 4.79 Å². The van der Waals surface area contributed by atoms with E-state index in [0.29, 0.717) is 41.9 Å². The highest BCUT2D eigenvalue weighted by Crippen LogP contribution is 2.32. The first kappa shape index (κ1) is 21.0. The molecule has 0 aromatic heterocycles. The number of benzene rings is 2. The second kappa shape index (κ2) is 10.2. The Balaban J connectivity index is 1.50. The van der Waals surface area contributed by atoms with Crippen LogP contribution in [0.1, 0.15) is 12.0 Å². The van der Waals surface area contributed by atoms with E-state index in [9.17, 15) is 9.59 Å². The molecule has 0 aliphatic carbocycles. The van der Waals surface area contributed by atoms with E-state index in [1.165, 1.54) is 13.2 Å². The monoisotopic (exact) mass is 413 g/mol. The standard InChI is InChI=1S/C22H23NO7/c1-26-17-7-4-15(12-19(17)27-2)5-9-22(25)30-14-21(24)23-16-6-8-18-20(13-16)29-11-3-10-28-18/h4-9,12-13H,3,10-11,14H2,1-2H3,(H,23,24)/b9-5+. The van der Waals surface area contributed by atoms with Crippen LogP contribution in [-0.2, 0) is 14.3 Å². The molecule has 1 amide bonds. The number of hydrogen-bond donors (Lipinski definition) is 1. The molecule has 0 atom stereocenters. The van der Waals surface area contributed by atoms with Crippen molar-refractivity contribution in [3.05, 3.63) is 48.0 Å². The van der Waals surface area contributed by atoms with E-state index in [1.54, 1.807) is 49.6 Å². The SMILES string of the molecule is COc1ccc(/C=C/C(=O)OCC(=O)Nc2ccc3c(c2)OCCCO3)cc1OC. The van der Waals surface area contributed by atoms with Gasteiger partial charge in [-0.15, -0.1) is 0 Å². The number of anilines is 1. The molecule has 30 heavy (non-hydrogen) atoms. The lowest BCUT2D eigenvalue weighted by molar-refractivity contribution is -0.142. The number of ether oxygens (including phenoxy) is 5. The summed E-state index contributed by atoms with van der Waals surface area (Å²) in [6.45, 7) is 0.726. The number of hydrogen-bond acceptors (Lipinski definition) is 7. The smallest absolute Gasteiger partial charge is 0.331 e. The third-order valence-electron chi connectivity index (χ3n) is 4.20. The van der Waals surface area contributed by atoms with Gasteiger partial charge in [-0.25, -0.2) is 4.79 Å². The zero-order valence-electron chi connectivity index (χ0n) is 16.8. The number of amides is 1. The minimum atomic E-state index is -0.640. The van der Waals surface area contributed by atoms with Gasteiger partial charge in [0.25, 0.3) is 5.91 Å². The molecule has 1 aliphatic rings. The highest BCUT2D eigenvalue weighted by molar-refractivity contribution is 5.94. The van der Waals surface area contributed by atoms with Crippen LogP contribution in [0.15, 0.2) is 42.5 Å². The number of fused-ring (bicyclic) bond motifs is 1. The Morgan fingerprint density at radius 1 is 1.00 bits per heavy atom. The lowest BCUT2D eigenvalue weighted by atomic mass is 10.2. The molecule has 0 fully saturated rings. The third-order valence-corrected chi connectivity index (χ3v) is 4.20. The molecule has 2 aromatic rings. The fourth-order valence-corrected chi connectivity index (χ4v) is 2.74. The quantitative estimate of drug-likeness (QED) is 0.551.